The van der Waals surface area contributed by atoms with Crippen LogP contribution in [0.3, 0.4) is 0 Å². The average molecular weight is 466 g/mol. The van der Waals surface area contributed by atoms with E-state index in [0.29, 0.717) is 19.7 Å². The molecular formula is C16H27IN4O2S. The van der Waals surface area contributed by atoms with Crippen molar-refractivity contribution in [1.82, 2.24) is 15.2 Å². The van der Waals surface area contributed by atoms with Gasteiger partial charge in [0.25, 0.3) is 0 Å². The molecule has 0 saturated carbocycles. The van der Waals surface area contributed by atoms with Gasteiger partial charge in [-0.2, -0.15) is 0 Å². The van der Waals surface area contributed by atoms with Crippen LogP contribution in [0.15, 0.2) is 11.2 Å². The number of halogens is 1. The second-order valence-corrected chi connectivity index (χ2v) is 6.89. The van der Waals surface area contributed by atoms with Crippen molar-refractivity contribution in [2.75, 3.05) is 26.2 Å². The summed E-state index contributed by atoms with van der Waals surface area (Å²) in [6, 6.07) is 0. The lowest BCUT2D eigenvalue weighted by Gasteiger charge is -2.33. The summed E-state index contributed by atoms with van der Waals surface area (Å²) in [6.45, 7) is 9.34. The van der Waals surface area contributed by atoms with Crippen molar-refractivity contribution < 1.29 is 9.53 Å². The molecule has 6 nitrogen and oxygen atoms in total. The normalized spacial score (nSPS) is 18.0. The third kappa shape index (κ3) is 6.19. The number of thiazole rings is 1. The Bertz CT molecular complexity index is 550. The van der Waals surface area contributed by atoms with Crippen molar-refractivity contribution in [3.8, 4) is 0 Å². The quantitative estimate of drug-likeness (QED) is 0.313. The van der Waals surface area contributed by atoms with Crippen LogP contribution >= 0.6 is 35.3 Å². The maximum absolute atomic E-state index is 12.0. The Morgan fingerprint density at radius 3 is 2.96 bits per heavy atom. The SMILES string of the molecule is CCNC(=NCc1ncc(C)s1)N1CCCC(C(=O)OCC)C1.I. The molecule has 1 N–H and O–H groups in total. The minimum atomic E-state index is -0.0939. The summed E-state index contributed by atoms with van der Waals surface area (Å²) in [4.78, 5) is 24.4. The maximum Gasteiger partial charge on any atom is 0.310 e. The van der Waals surface area contributed by atoms with Crippen molar-refractivity contribution in [3.05, 3.63) is 16.1 Å². The molecule has 24 heavy (non-hydrogen) atoms. The van der Waals surface area contributed by atoms with Gasteiger partial charge in [0.1, 0.15) is 5.01 Å². The summed E-state index contributed by atoms with van der Waals surface area (Å²) >= 11 is 1.67. The van der Waals surface area contributed by atoms with E-state index in [1.807, 2.05) is 20.0 Å². The molecule has 1 fully saturated rings. The van der Waals surface area contributed by atoms with Crippen LogP contribution in [0.2, 0.25) is 0 Å². The molecule has 1 aromatic heterocycles. The number of aromatic nitrogens is 1. The predicted octanol–water partition coefficient (Wildman–Crippen LogP) is 2.81. The van der Waals surface area contributed by atoms with Gasteiger partial charge in [0.05, 0.1) is 19.1 Å². The number of aryl methyl sites for hydroxylation is 1. The highest BCUT2D eigenvalue weighted by atomic mass is 127. The van der Waals surface area contributed by atoms with Gasteiger partial charge >= 0.3 is 5.97 Å². The van der Waals surface area contributed by atoms with E-state index in [-0.39, 0.29) is 35.9 Å². The number of likely N-dealkylation sites (tertiary alicyclic amines) is 1. The van der Waals surface area contributed by atoms with E-state index < -0.39 is 0 Å². The van der Waals surface area contributed by atoms with Gasteiger partial charge in [0, 0.05) is 30.7 Å². The molecule has 2 rings (SSSR count). The van der Waals surface area contributed by atoms with Crippen LogP contribution < -0.4 is 5.32 Å². The Morgan fingerprint density at radius 1 is 1.54 bits per heavy atom. The molecule has 0 aromatic carbocycles. The molecule has 8 heteroatoms. The predicted molar refractivity (Wildman–Crippen MR) is 108 cm³/mol. The monoisotopic (exact) mass is 466 g/mol. The lowest BCUT2D eigenvalue weighted by atomic mass is 9.98. The summed E-state index contributed by atoms with van der Waals surface area (Å²) in [7, 11) is 0. The minimum Gasteiger partial charge on any atom is -0.466 e. The zero-order valence-electron chi connectivity index (χ0n) is 14.6. The molecule has 0 spiro atoms. The number of rotatable bonds is 5. The van der Waals surface area contributed by atoms with Gasteiger partial charge in [-0.1, -0.05) is 0 Å². The second-order valence-electron chi connectivity index (χ2n) is 5.57. The summed E-state index contributed by atoms with van der Waals surface area (Å²) in [5.74, 6) is 0.701. The van der Waals surface area contributed by atoms with Crippen LogP contribution in [-0.2, 0) is 16.1 Å². The minimum absolute atomic E-state index is 0. The number of aliphatic imine (C=N–C) groups is 1. The van der Waals surface area contributed by atoms with E-state index in [1.54, 1.807) is 11.3 Å². The first-order valence-electron chi connectivity index (χ1n) is 8.25. The zero-order chi connectivity index (χ0) is 16.7. The van der Waals surface area contributed by atoms with Gasteiger partial charge in [0.2, 0.25) is 0 Å². The zero-order valence-corrected chi connectivity index (χ0v) is 17.7. The van der Waals surface area contributed by atoms with E-state index in [4.69, 9.17) is 4.74 Å². The summed E-state index contributed by atoms with van der Waals surface area (Å²) in [5, 5.41) is 4.33. The van der Waals surface area contributed by atoms with Gasteiger partial charge in [-0.25, -0.2) is 9.98 Å². The smallest absolute Gasteiger partial charge is 0.310 e. The van der Waals surface area contributed by atoms with Crippen molar-refractivity contribution in [3.63, 3.8) is 0 Å². The van der Waals surface area contributed by atoms with E-state index >= 15 is 0 Å². The van der Waals surface area contributed by atoms with Crippen LogP contribution in [0.4, 0.5) is 0 Å². The first kappa shape index (κ1) is 21.1. The van der Waals surface area contributed by atoms with Crippen LogP contribution in [0.5, 0.6) is 0 Å². The molecule has 1 saturated heterocycles. The van der Waals surface area contributed by atoms with E-state index in [2.05, 4.69) is 27.1 Å². The highest BCUT2D eigenvalue weighted by Gasteiger charge is 2.28. The lowest BCUT2D eigenvalue weighted by molar-refractivity contribution is -0.149. The highest BCUT2D eigenvalue weighted by molar-refractivity contribution is 14.0. The number of carbonyl (C=O) groups is 1. The number of nitrogens with one attached hydrogen (secondary N) is 1. The number of ether oxygens (including phenoxy) is 1. The van der Waals surface area contributed by atoms with Crippen LogP contribution in [0.25, 0.3) is 0 Å². The number of nitrogens with zero attached hydrogens (tertiary/aromatic N) is 3. The van der Waals surface area contributed by atoms with Crippen LogP contribution in [-0.4, -0.2) is 48.1 Å². The standard InChI is InChI=1S/C16H26N4O2S.HI/c1-4-17-16(19-10-14-18-9-12(3)23-14)20-8-6-7-13(11-20)15(21)22-5-2;/h9,13H,4-8,10-11H2,1-3H3,(H,17,19);1H. The highest BCUT2D eigenvalue weighted by Crippen LogP contribution is 2.18. The fraction of sp³-hybridized carbons (Fsp3) is 0.688. The first-order valence-corrected chi connectivity index (χ1v) is 9.06. The molecule has 136 valence electrons. The Kier molecular flexibility index (Phi) is 9.57. The van der Waals surface area contributed by atoms with Gasteiger partial charge in [0.15, 0.2) is 5.96 Å². The summed E-state index contributed by atoms with van der Waals surface area (Å²) in [6.07, 6.45) is 3.74. The molecule has 1 aromatic rings. The molecule has 1 atom stereocenters. The maximum atomic E-state index is 12.0. The molecule has 2 heterocycles. The van der Waals surface area contributed by atoms with Crippen molar-refractivity contribution in [2.45, 2.75) is 40.2 Å². The summed E-state index contributed by atoms with van der Waals surface area (Å²) < 4.78 is 5.17. The Balaban J connectivity index is 0.00000288. The van der Waals surface area contributed by atoms with Gasteiger partial charge in [-0.05, 0) is 33.6 Å². The van der Waals surface area contributed by atoms with Crippen molar-refractivity contribution >= 4 is 47.2 Å². The molecule has 0 radical (unpaired) electrons. The van der Waals surface area contributed by atoms with Gasteiger partial charge in [-0.3, -0.25) is 4.79 Å². The van der Waals surface area contributed by atoms with Crippen LogP contribution in [0, 0.1) is 12.8 Å². The third-order valence-electron chi connectivity index (χ3n) is 3.71. The molecule has 1 aliphatic heterocycles. The fourth-order valence-corrected chi connectivity index (χ4v) is 3.38. The Labute approximate surface area is 165 Å². The largest absolute Gasteiger partial charge is 0.466 e. The molecular weight excluding hydrogens is 439 g/mol. The van der Waals surface area contributed by atoms with Crippen molar-refractivity contribution in [2.24, 2.45) is 10.9 Å². The Hall–Kier alpha value is -0.900. The first-order chi connectivity index (χ1) is 11.1. The van der Waals surface area contributed by atoms with Crippen LogP contribution in [0.1, 0.15) is 36.6 Å². The lowest BCUT2D eigenvalue weighted by Crippen LogP contribution is -2.48. The number of hydrogen-bond donors (Lipinski definition) is 1. The summed E-state index contributed by atoms with van der Waals surface area (Å²) in [5.41, 5.74) is 0. The molecule has 0 bridgehead atoms. The van der Waals surface area contributed by atoms with Gasteiger partial charge < -0.3 is 15.0 Å². The number of piperidine rings is 1. The van der Waals surface area contributed by atoms with E-state index in [9.17, 15) is 4.79 Å². The van der Waals surface area contributed by atoms with Gasteiger partial charge in [-0.15, -0.1) is 35.3 Å². The number of esters is 1. The molecule has 1 unspecified atom stereocenters. The second kappa shape index (κ2) is 10.9. The number of guanidine groups is 1. The molecule has 0 amide bonds. The topological polar surface area (TPSA) is 66.8 Å². The fourth-order valence-electron chi connectivity index (χ4n) is 2.66. The van der Waals surface area contributed by atoms with Crippen molar-refractivity contribution in [1.29, 1.82) is 0 Å². The Morgan fingerprint density at radius 2 is 2.33 bits per heavy atom. The molecule has 1 aliphatic rings. The van der Waals surface area contributed by atoms with E-state index in [0.717, 1.165) is 36.9 Å². The van der Waals surface area contributed by atoms with E-state index in [1.165, 1.54) is 4.88 Å². The number of carbonyl (C=O) groups excluding carboxylic acids is 1. The molecule has 0 aliphatic carbocycles. The number of hydrogen-bond acceptors (Lipinski definition) is 5. The third-order valence-corrected chi connectivity index (χ3v) is 4.61. The average Bonchev–Trinajstić information content (AvgIpc) is 2.97.